The summed E-state index contributed by atoms with van der Waals surface area (Å²) < 4.78 is 0. The fraction of sp³-hybridized carbons (Fsp3) is 0.800. The minimum absolute atomic E-state index is 0.250. The van der Waals surface area contributed by atoms with Gasteiger partial charge in [0.25, 0.3) is 0 Å². The Morgan fingerprint density at radius 2 is 1.61 bits per heavy atom. The molecule has 0 atom stereocenters. The van der Waals surface area contributed by atoms with Crippen molar-refractivity contribution in [3.63, 3.8) is 0 Å². The van der Waals surface area contributed by atoms with E-state index in [1.165, 1.54) is 5.69 Å². The molecule has 1 aromatic heterocycles. The number of nitrogens with two attached hydrogens (primary N) is 1. The Bertz CT molecular complexity index is 356. The molecule has 104 valence electrons. The zero-order valence-electron chi connectivity index (χ0n) is 12.7. The quantitative estimate of drug-likeness (QED) is 0.824. The van der Waals surface area contributed by atoms with Gasteiger partial charge >= 0.3 is 0 Å². The molecule has 0 unspecified atom stereocenters. The maximum absolute atomic E-state index is 6.68. The zero-order chi connectivity index (χ0) is 13.9. The van der Waals surface area contributed by atoms with Crippen molar-refractivity contribution in [1.82, 2.24) is 4.98 Å². The van der Waals surface area contributed by atoms with E-state index in [0.29, 0.717) is 17.8 Å². The number of thiazole rings is 1. The zero-order valence-corrected chi connectivity index (χ0v) is 13.5. The van der Waals surface area contributed by atoms with Crippen LogP contribution in [-0.4, -0.2) is 4.98 Å². The molecule has 3 heteroatoms. The number of aromatic nitrogens is 1. The third kappa shape index (κ3) is 4.06. The van der Waals surface area contributed by atoms with E-state index in [2.05, 4.69) is 46.9 Å². The lowest BCUT2D eigenvalue weighted by Crippen LogP contribution is -2.39. The van der Waals surface area contributed by atoms with E-state index in [4.69, 9.17) is 10.7 Å². The fourth-order valence-corrected chi connectivity index (χ4v) is 3.61. The molecule has 18 heavy (non-hydrogen) atoms. The molecular weight excluding hydrogens is 240 g/mol. The van der Waals surface area contributed by atoms with E-state index < -0.39 is 0 Å². The van der Waals surface area contributed by atoms with Crippen molar-refractivity contribution in [2.24, 2.45) is 17.6 Å². The van der Waals surface area contributed by atoms with Crippen LogP contribution in [0.15, 0.2) is 5.38 Å². The lowest BCUT2D eigenvalue weighted by molar-refractivity contribution is 0.288. The van der Waals surface area contributed by atoms with Gasteiger partial charge in [-0.2, -0.15) is 0 Å². The van der Waals surface area contributed by atoms with Crippen LogP contribution in [-0.2, 0) is 5.54 Å². The monoisotopic (exact) mass is 268 g/mol. The first-order chi connectivity index (χ1) is 8.24. The normalized spacial score (nSPS) is 13.0. The lowest BCUT2D eigenvalue weighted by Gasteiger charge is -2.31. The minimum atomic E-state index is -0.250. The average molecular weight is 268 g/mol. The van der Waals surface area contributed by atoms with Crippen molar-refractivity contribution in [3.05, 3.63) is 16.1 Å². The van der Waals surface area contributed by atoms with Crippen LogP contribution in [0.5, 0.6) is 0 Å². The Morgan fingerprint density at radius 1 is 1.11 bits per heavy atom. The second-order valence-corrected chi connectivity index (χ2v) is 7.44. The second-order valence-electron chi connectivity index (χ2n) is 6.58. The predicted octanol–water partition coefficient (Wildman–Crippen LogP) is 4.51. The van der Waals surface area contributed by atoms with Gasteiger partial charge in [0, 0.05) is 5.38 Å². The highest BCUT2D eigenvalue weighted by molar-refractivity contribution is 7.09. The third-order valence-electron chi connectivity index (χ3n) is 3.08. The number of hydrogen-bond donors (Lipinski definition) is 1. The maximum Gasteiger partial charge on any atom is 0.113 e. The molecule has 1 heterocycles. The van der Waals surface area contributed by atoms with Crippen molar-refractivity contribution in [3.8, 4) is 0 Å². The van der Waals surface area contributed by atoms with E-state index in [1.54, 1.807) is 11.3 Å². The van der Waals surface area contributed by atoms with Gasteiger partial charge in [-0.25, -0.2) is 4.98 Å². The highest BCUT2D eigenvalue weighted by atomic mass is 32.1. The molecule has 1 aromatic rings. The van der Waals surface area contributed by atoms with Gasteiger partial charge in [-0.1, -0.05) is 41.5 Å². The topological polar surface area (TPSA) is 38.9 Å². The summed E-state index contributed by atoms with van der Waals surface area (Å²) in [6.07, 6.45) is 2.02. The molecule has 0 aliphatic rings. The summed E-state index contributed by atoms with van der Waals surface area (Å²) in [5.74, 6) is 1.68. The van der Waals surface area contributed by atoms with Gasteiger partial charge < -0.3 is 5.73 Å². The van der Waals surface area contributed by atoms with Gasteiger partial charge in [0.1, 0.15) is 5.01 Å². The van der Waals surface area contributed by atoms with Crippen LogP contribution in [0.25, 0.3) is 0 Å². The maximum atomic E-state index is 6.68. The molecule has 0 saturated heterocycles. The summed E-state index contributed by atoms with van der Waals surface area (Å²) in [6.45, 7) is 13.3. The van der Waals surface area contributed by atoms with Crippen LogP contribution >= 0.6 is 11.3 Å². The minimum Gasteiger partial charge on any atom is -0.319 e. The lowest BCUT2D eigenvalue weighted by atomic mass is 9.83. The van der Waals surface area contributed by atoms with Crippen LogP contribution in [0.3, 0.4) is 0 Å². The Balaban J connectivity index is 3.00. The highest BCUT2D eigenvalue weighted by Crippen LogP contribution is 2.35. The van der Waals surface area contributed by atoms with Crippen molar-refractivity contribution in [2.45, 2.75) is 65.8 Å². The molecule has 0 aliphatic carbocycles. The molecule has 2 N–H and O–H groups in total. The third-order valence-corrected chi connectivity index (χ3v) is 4.16. The highest BCUT2D eigenvalue weighted by Gasteiger charge is 2.32. The summed E-state index contributed by atoms with van der Waals surface area (Å²) in [5.41, 5.74) is 7.61. The molecule has 1 rings (SSSR count). The molecule has 0 radical (unpaired) electrons. The average Bonchev–Trinajstić information content (AvgIpc) is 2.63. The van der Waals surface area contributed by atoms with Crippen molar-refractivity contribution in [1.29, 1.82) is 0 Å². The summed E-state index contributed by atoms with van der Waals surface area (Å²) >= 11 is 1.73. The van der Waals surface area contributed by atoms with Crippen LogP contribution in [0.2, 0.25) is 0 Å². The summed E-state index contributed by atoms with van der Waals surface area (Å²) in [7, 11) is 0. The number of hydrogen-bond acceptors (Lipinski definition) is 3. The first-order valence-electron chi connectivity index (χ1n) is 6.99. The van der Waals surface area contributed by atoms with E-state index in [-0.39, 0.29) is 5.54 Å². The molecule has 0 aromatic carbocycles. The Kier molecular flexibility index (Phi) is 5.35. The van der Waals surface area contributed by atoms with E-state index >= 15 is 0 Å². The van der Waals surface area contributed by atoms with Crippen molar-refractivity contribution in [2.75, 3.05) is 0 Å². The molecule has 0 saturated carbocycles. The second kappa shape index (κ2) is 6.16. The van der Waals surface area contributed by atoms with Crippen LogP contribution in [0.1, 0.15) is 71.0 Å². The molecule has 0 amide bonds. The Hall–Kier alpha value is -0.410. The SMILES string of the molecule is CC(C)CC(N)(CC(C)C)c1nc(C(C)C)cs1. The Labute approximate surface area is 116 Å². The van der Waals surface area contributed by atoms with Gasteiger partial charge in [0.15, 0.2) is 0 Å². The summed E-state index contributed by atoms with van der Waals surface area (Å²) in [5, 5.41) is 3.29. The van der Waals surface area contributed by atoms with E-state index in [1.807, 2.05) is 0 Å². The first-order valence-corrected chi connectivity index (χ1v) is 7.87. The molecule has 2 nitrogen and oxygen atoms in total. The largest absolute Gasteiger partial charge is 0.319 e. The molecule has 0 fully saturated rings. The standard InChI is InChI=1S/C15H28N2S/c1-10(2)7-15(16,8-11(3)4)14-17-13(9-18-14)12(5)6/h9-12H,7-8,16H2,1-6H3. The fourth-order valence-electron chi connectivity index (χ4n) is 2.49. The van der Waals surface area contributed by atoms with Crippen molar-refractivity contribution < 1.29 is 0 Å². The van der Waals surface area contributed by atoms with E-state index in [0.717, 1.165) is 17.8 Å². The van der Waals surface area contributed by atoms with Crippen LogP contribution < -0.4 is 5.73 Å². The van der Waals surface area contributed by atoms with Crippen LogP contribution in [0.4, 0.5) is 0 Å². The molecular formula is C15H28N2S. The smallest absolute Gasteiger partial charge is 0.113 e. The number of nitrogens with zero attached hydrogens (tertiary/aromatic N) is 1. The van der Waals surface area contributed by atoms with Gasteiger partial charge in [-0.05, 0) is 30.6 Å². The molecule has 0 aliphatic heterocycles. The van der Waals surface area contributed by atoms with Crippen LogP contribution in [0, 0.1) is 11.8 Å². The van der Waals surface area contributed by atoms with Gasteiger partial charge in [0.2, 0.25) is 0 Å². The van der Waals surface area contributed by atoms with Gasteiger partial charge in [-0.15, -0.1) is 11.3 Å². The number of rotatable bonds is 6. The first kappa shape index (κ1) is 15.6. The Morgan fingerprint density at radius 3 is 1.94 bits per heavy atom. The summed E-state index contributed by atoms with van der Waals surface area (Å²) in [6, 6.07) is 0. The molecule has 0 spiro atoms. The molecule has 0 bridgehead atoms. The van der Waals surface area contributed by atoms with Gasteiger partial charge in [-0.3, -0.25) is 0 Å². The van der Waals surface area contributed by atoms with Gasteiger partial charge in [0.05, 0.1) is 11.2 Å². The van der Waals surface area contributed by atoms with E-state index in [9.17, 15) is 0 Å². The van der Waals surface area contributed by atoms with Crippen molar-refractivity contribution >= 4 is 11.3 Å². The predicted molar refractivity (Wildman–Crippen MR) is 81.0 cm³/mol. The summed E-state index contributed by atoms with van der Waals surface area (Å²) in [4.78, 5) is 4.78.